The van der Waals surface area contributed by atoms with Crippen LogP contribution in [-0.2, 0) is 10.2 Å². The van der Waals surface area contributed by atoms with Crippen molar-refractivity contribution in [2.24, 2.45) is 5.14 Å². The van der Waals surface area contributed by atoms with Crippen LogP contribution in [0.15, 0.2) is 22.7 Å². The number of benzene rings is 1. The molecule has 82 valence electrons. The Labute approximate surface area is 94.4 Å². The zero-order valence-electron chi connectivity index (χ0n) is 7.27. The molecule has 15 heavy (non-hydrogen) atoms. The third-order valence-electron chi connectivity index (χ3n) is 1.47. The summed E-state index contributed by atoms with van der Waals surface area (Å²) < 4.78 is 23.9. The molecular formula is C7H7BrN2O4S. The van der Waals surface area contributed by atoms with E-state index in [2.05, 4.69) is 15.9 Å². The Morgan fingerprint density at radius 3 is 2.53 bits per heavy atom. The minimum Gasteiger partial charge on any atom is -0.478 e. The first-order valence-corrected chi connectivity index (χ1v) is 5.97. The Balaban J connectivity index is 3.17. The number of anilines is 1. The van der Waals surface area contributed by atoms with Crippen molar-refractivity contribution in [1.29, 1.82) is 0 Å². The van der Waals surface area contributed by atoms with Gasteiger partial charge in [0.05, 0.1) is 11.3 Å². The number of hydrogen-bond donors (Lipinski definition) is 3. The van der Waals surface area contributed by atoms with E-state index in [0.29, 0.717) is 4.47 Å². The van der Waals surface area contributed by atoms with E-state index in [9.17, 15) is 13.2 Å². The second kappa shape index (κ2) is 4.17. The average molecular weight is 295 g/mol. The molecule has 0 atom stereocenters. The molecule has 1 rings (SSSR count). The zero-order chi connectivity index (χ0) is 11.6. The number of nitrogens with two attached hydrogens (primary N) is 1. The van der Waals surface area contributed by atoms with Crippen LogP contribution in [0.1, 0.15) is 10.4 Å². The summed E-state index contributed by atoms with van der Waals surface area (Å²) in [5.74, 6) is -1.15. The number of carboxylic acids is 1. The summed E-state index contributed by atoms with van der Waals surface area (Å²) in [7, 11) is -3.92. The van der Waals surface area contributed by atoms with Crippen LogP contribution in [0, 0.1) is 0 Å². The van der Waals surface area contributed by atoms with E-state index in [0.717, 1.165) is 6.07 Å². The van der Waals surface area contributed by atoms with Crippen molar-refractivity contribution in [2.45, 2.75) is 0 Å². The maximum Gasteiger partial charge on any atom is 0.335 e. The second-order valence-corrected chi connectivity index (χ2v) is 4.80. The summed E-state index contributed by atoms with van der Waals surface area (Å²) in [5.41, 5.74) is 0.0433. The van der Waals surface area contributed by atoms with Gasteiger partial charge in [0.15, 0.2) is 0 Å². The van der Waals surface area contributed by atoms with Crippen molar-refractivity contribution in [1.82, 2.24) is 0 Å². The molecule has 0 saturated heterocycles. The van der Waals surface area contributed by atoms with Crippen LogP contribution in [0.25, 0.3) is 0 Å². The summed E-state index contributed by atoms with van der Waals surface area (Å²) in [5, 5.41) is 13.4. The monoisotopic (exact) mass is 294 g/mol. The molecule has 0 aliphatic heterocycles. The number of carbonyl (C=O) groups is 1. The molecule has 0 heterocycles. The zero-order valence-corrected chi connectivity index (χ0v) is 9.67. The lowest BCUT2D eigenvalue weighted by molar-refractivity contribution is 0.0697. The number of aromatic carboxylic acids is 1. The maximum atomic E-state index is 10.7. The molecule has 0 aliphatic carbocycles. The minimum absolute atomic E-state index is 0.0376. The molecule has 0 radical (unpaired) electrons. The third-order valence-corrected chi connectivity index (χ3v) is 2.66. The van der Waals surface area contributed by atoms with Crippen LogP contribution in [0.2, 0.25) is 0 Å². The summed E-state index contributed by atoms with van der Waals surface area (Å²) in [6, 6.07) is 3.91. The summed E-state index contributed by atoms with van der Waals surface area (Å²) in [6.45, 7) is 0. The first-order valence-electron chi connectivity index (χ1n) is 3.63. The molecule has 0 fully saturated rings. The van der Waals surface area contributed by atoms with Gasteiger partial charge in [0.2, 0.25) is 0 Å². The molecule has 0 aromatic heterocycles. The lowest BCUT2D eigenvalue weighted by Crippen LogP contribution is -2.22. The highest BCUT2D eigenvalue weighted by atomic mass is 79.9. The first kappa shape index (κ1) is 12.0. The van der Waals surface area contributed by atoms with Crippen LogP contribution in [0.5, 0.6) is 0 Å². The average Bonchev–Trinajstić information content (AvgIpc) is 2.06. The van der Waals surface area contributed by atoms with E-state index >= 15 is 0 Å². The SMILES string of the molecule is NS(=O)(=O)Nc1cc(C(=O)O)ccc1Br. The first-order chi connectivity index (χ1) is 6.79. The Morgan fingerprint density at radius 2 is 2.07 bits per heavy atom. The Kier molecular flexibility index (Phi) is 3.32. The van der Waals surface area contributed by atoms with Gasteiger partial charge in [-0.3, -0.25) is 4.72 Å². The molecule has 0 bridgehead atoms. The van der Waals surface area contributed by atoms with Crippen molar-refractivity contribution >= 4 is 37.8 Å². The molecule has 4 N–H and O–H groups in total. The largest absolute Gasteiger partial charge is 0.478 e. The van der Waals surface area contributed by atoms with Gasteiger partial charge in [-0.2, -0.15) is 8.42 Å². The molecule has 0 spiro atoms. The number of rotatable bonds is 3. The van der Waals surface area contributed by atoms with Gasteiger partial charge in [-0.25, -0.2) is 9.93 Å². The summed E-state index contributed by atoms with van der Waals surface area (Å²) in [4.78, 5) is 10.6. The number of halogens is 1. The van der Waals surface area contributed by atoms with E-state index in [4.69, 9.17) is 10.2 Å². The molecule has 0 amide bonds. The van der Waals surface area contributed by atoms with Gasteiger partial charge in [0, 0.05) is 4.47 Å². The van der Waals surface area contributed by atoms with Gasteiger partial charge < -0.3 is 5.11 Å². The summed E-state index contributed by atoms with van der Waals surface area (Å²) >= 11 is 3.06. The number of hydrogen-bond acceptors (Lipinski definition) is 3. The lowest BCUT2D eigenvalue weighted by atomic mass is 10.2. The van der Waals surface area contributed by atoms with E-state index in [1.54, 1.807) is 0 Å². The highest BCUT2D eigenvalue weighted by Gasteiger charge is 2.10. The molecule has 8 heteroatoms. The van der Waals surface area contributed by atoms with Gasteiger partial charge in [0.1, 0.15) is 0 Å². The van der Waals surface area contributed by atoms with Crippen LogP contribution in [0.4, 0.5) is 5.69 Å². The molecule has 0 aliphatic rings. The topological polar surface area (TPSA) is 109 Å². The fraction of sp³-hybridized carbons (Fsp3) is 0. The van der Waals surface area contributed by atoms with Gasteiger partial charge in [-0.15, -0.1) is 0 Å². The quantitative estimate of drug-likeness (QED) is 0.764. The maximum absolute atomic E-state index is 10.7. The van der Waals surface area contributed by atoms with Crippen molar-refractivity contribution in [2.75, 3.05) is 4.72 Å². The fourth-order valence-corrected chi connectivity index (χ4v) is 1.84. The fourth-order valence-electron chi connectivity index (χ4n) is 0.890. The van der Waals surface area contributed by atoms with Crippen LogP contribution in [-0.4, -0.2) is 19.5 Å². The molecule has 0 unspecified atom stereocenters. The highest BCUT2D eigenvalue weighted by molar-refractivity contribution is 9.10. The standard InChI is InChI=1S/C7H7BrN2O4S/c8-5-2-1-4(7(11)12)3-6(5)10-15(9,13)14/h1-3,10H,(H,11,12)(H2,9,13,14). The van der Waals surface area contributed by atoms with Crippen molar-refractivity contribution in [3.05, 3.63) is 28.2 Å². The van der Waals surface area contributed by atoms with Gasteiger partial charge >= 0.3 is 5.97 Å². The van der Waals surface area contributed by atoms with Crippen LogP contribution in [0.3, 0.4) is 0 Å². The van der Waals surface area contributed by atoms with Crippen molar-refractivity contribution in [3.8, 4) is 0 Å². The van der Waals surface area contributed by atoms with Gasteiger partial charge in [-0.1, -0.05) is 0 Å². The number of nitrogens with one attached hydrogen (secondary N) is 1. The Morgan fingerprint density at radius 1 is 1.47 bits per heavy atom. The van der Waals surface area contributed by atoms with Crippen molar-refractivity contribution in [3.63, 3.8) is 0 Å². The predicted octanol–water partition coefficient (Wildman–Crippen LogP) is 0.763. The highest BCUT2D eigenvalue weighted by Crippen LogP contribution is 2.24. The third kappa shape index (κ3) is 3.50. The van der Waals surface area contributed by atoms with E-state index in [1.165, 1.54) is 12.1 Å². The van der Waals surface area contributed by atoms with Gasteiger partial charge in [0.25, 0.3) is 10.2 Å². The van der Waals surface area contributed by atoms with E-state index < -0.39 is 16.2 Å². The Bertz CT molecular complexity index is 500. The van der Waals surface area contributed by atoms with Crippen molar-refractivity contribution < 1.29 is 18.3 Å². The minimum atomic E-state index is -3.92. The van der Waals surface area contributed by atoms with E-state index in [1.807, 2.05) is 4.72 Å². The van der Waals surface area contributed by atoms with Crippen LogP contribution >= 0.6 is 15.9 Å². The lowest BCUT2D eigenvalue weighted by Gasteiger charge is -2.06. The molecular weight excluding hydrogens is 288 g/mol. The van der Waals surface area contributed by atoms with E-state index in [-0.39, 0.29) is 11.3 Å². The molecule has 1 aromatic carbocycles. The summed E-state index contributed by atoms with van der Waals surface area (Å²) in [6.07, 6.45) is 0. The second-order valence-electron chi connectivity index (χ2n) is 2.65. The number of carboxylic acid groups (broad SMARTS) is 1. The molecule has 6 nitrogen and oxygen atoms in total. The molecule has 1 aromatic rings. The normalized spacial score (nSPS) is 11.1. The smallest absolute Gasteiger partial charge is 0.335 e. The Hall–Kier alpha value is -1.12. The van der Waals surface area contributed by atoms with Gasteiger partial charge in [-0.05, 0) is 34.1 Å². The molecule has 0 saturated carbocycles. The predicted molar refractivity (Wildman–Crippen MR) is 57.8 cm³/mol. The van der Waals surface area contributed by atoms with Crippen LogP contribution < -0.4 is 9.86 Å².